The van der Waals surface area contributed by atoms with Crippen LogP contribution in [0.4, 0.5) is 5.82 Å². The summed E-state index contributed by atoms with van der Waals surface area (Å²) in [5.74, 6) is 0.779. The van der Waals surface area contributed by atoms with Gasteiger partial charge < -0.3 is 5.32 Å². The lowest BCUT2D eigenvalue weighted by atomic mass is 10.5. The Morgan fingerprint density at radius 2 is 2.18 bits per heavy atom. The second kappa shape index (κ2) is 5.05. The monoisotopic (exact) mass is 313 g/mol. The summed E-state index contributed by atoms with van der Waals surface area (Å²) < 4.78 is 2.71. The molecule has 0 saturated heterocycles. The maximum Gasteiger partial charge on any atom is 0.144 e. The molecule has 0 spiro atoms. The van der Waals surface area contributed by atoms with Crippen LogP contribution in [-0.4, -0.2) is 26.8 Å². The number of aromatic nitrogens is 4. The molecule has 0 radical (unpaired) electrons. The molecule has 0 aliphatic rings. The Bertz CT molecular complexity index is 539. The summed E-state index contributed by atoms with van der Waals surface area (Å²) >= 11 is 5.05. The molecular formula is C10H12BrN5S. The van der Waals surface area contributed by atoms with Gasteiger partial charge in [0.15, 0.2) is 0 Å². The largest absolute Gasteiger partial charge is 0.372 e. The van der Waals surface area contributed by atoms with Crippen molar-refractivity contribution < 1.29 is 0 Å². The average Bonchev–Trinajstić information content (AvgIpc) is 2.60. The molecule has 2 heterocycles. The summed E-state index contributed by atoms with van der Waals surface area (Å²) in [6.45, 7) is 1.97. The van der Waals surface area contributed by atoms with Crippen LogP contribution >= 0.6 is 27.7 Å². The molecule has 0 unspecified atom stereocenters. The summed E-state index contributed by atoms with van der Waals surface area (Å²) in [6, 6.07) is 2.03. The van der Waals surface area contributed by atoms with Crippen molar-refractivity contribution in [1.29, 1.82) is 0 Å². The summed E-state index contributed by atoms with van der Waals surface area (Å²) in [5.41, 5.74) is 0.994. The van der Waals surface area contributed by atoms with E-state index in [2.05, 4.69) is 36.3 Å². The van der Waals surface area contributed by atoms with Crippen LogP contribution in [0.2, 0.25) is 0 Å². The zero-order valence-electron chi connectivity index (χ0n) is 9.73. The van der Waals surface area contributed by atoms with E-state index < -0.39 is 0 Å². The van der Waals surface area contributed by atoms with E-state index in [0.29, 0.717) is 0 Å². The number of anilines is 1. The number of hydrogen-bond acceptors (Lipinski definition) is 5. The molecule has 0 bridgehead atoms. The van der Waals surface area contributed by atoms with Gasteiger partial charge in [-0.25, -0.2) is 9.97 Å². The van der Waals surface area contributed by atoms with E-state index in [-0.39, 0.29) is 0 Å². The second-order valence-electron chi connectivity index (χ2n) is 3.44. The lowest BCUT2D eigenvalue weighted by Gasteiger charge is -2.06. The van der Waals surface area contributed by atoms with Gasteiger partial charge in [0.25, 0.3) is 0 Å². The number of aryl methyl sites for hydroxylation is 2. The molecule has 7 heteroatoms. The SMILES string of the molecule is CNc1ncnc(Sc2cc(C)nn2C)c1Br. The van der Waals surface area contributed by atoms with Crippen LogP contribution in [0.5, 0.6) is 0 Å². The molecule has 2 aromatic rings. The normalized spacial score (nSPS) is 10.6. The fourth-order valence-corrected chi connectivity index (χ4v) is 2.91. The van der Waals surface area contributed by atoms with Gasteiger partial charge in [-0.2, -0.15) is 5.10 Å². The van der Waals surface area contributed by atoms with Crippen molar-refractivity contribution in [3.05, 3.63) is 22.6 Å². The first-order valence-corrected chi connectivity index (χ1v) is 6.59. The van der Waals surface area contributed by atoms with Crippen LogP contribution in [0.25, 0.3) is 0 Å². The Labute approximate surface area is 112 Å². The van der Waals surface area contributed by atoms with E-state index >= 15 is 0 Å². The Morgan fingerprint density at radius 1 is 1.41 bits per heavy atom. The summed E-state index contributed by atoms with van der Waals surface area (Å²) in [6.07, 6.45) is 1.54. The van der Waals surface area contributed by atoms with Gasteiger partial charge in [0.05, 0.1) is 10.2 Å². The molecule has 0 atom stereocenters. The predicted molar refractivity (Wildman–Crippen MR) is 71.3 cm³/mol. The summed E-state index contributed by atoms with van der Waals surface area (Å²) in [7, 11) is 3.75. The Kier molecular flexibility index (Phi) is 3.68. The molecule has 0 saturated carbocycles. The van der Waals surface area contributed by atoms with Crippen molar-refractivity contribution >= 4 is 33.5 Å². The molecular weight excluding hydrogens is 302 g/mol. The number of rotatable bonds is 3. The first-order chi connectivity index (χ1) is 8.11. The third-order valence-electron chi connectivity index (χ3n) is 2.15. The topological polar surface area (TPSA) is 55.6 Å². The van der Waals surface area contributed by atoms with E-state index in [1.54, 1.807) is 18.1 Å². The van der Waals surface area contributed by atoms with Gasteiger partial charge in [-0.15, -0.1) is 0 Å². The van der Waals surface area contributed by atoms with E-state index in [4.69, 9.17) is 0 Å². The molecule has 5 nitrogen and oxygen atoms in total. The van der Waals surface area contributed by atoms with Gasteiger partial charge in [0.2, 0.25) is 0 Å². The molecule has 1 N–H and O–H groups in total. The summed E-state index contributed by atoms with van der Waals surface area (Å²) in [5, 5.41) is 9.22. The van der Waals surface area contributed by atoms with Crippen molar-refractivity contribution in [3.8, 4) is 0 Å². The van der Waals surface area contributed by atoms with Gasteiger partial charge in [0, 0.05) is 14.1 Å². The molecule has 0 amide bonds. The minimum atomic E-state index is 0.779. The van der Waals surface area contributed by atoms with E-state index in [0.717, 1.165) is 26.0 Å². The second-order valence-corrected chi connectivity index (χ2v) is 5.24. The van der Waals surface area contributed by atoms with E-state index in [1.807, 2.05) is 31.8 Å². The molecule has 90 valence electrons. The quantitative estimate of drug-likeness (QED) is 0.882. The third kappa shape index (κ3) is 2.61. The van der Waals surface area contributed by atoms with Crippen LogP contribution < -0.4 is 5.32 Å². The Hall–Kier alpha value is -1.08. The van der Waals surface area contributed by atoms with Crippen molar-refractivity contribution in [2.75, 3.05) is 12.4 Å². The standard InChI is InChI=1S/C10H12BrN5S/c1-6-4-7(16(3)15-6)17-10-8(11)9(12-2)13-5-14-10/h4-5H,1-3H3,(H,12,13,14). The van der Waals surface area contributed by atoms with Crippen molar-refractivity contribution in [2.45, 2.75) is 17.0 Å². The Balaban J connectivity index is 2.33. The molecule has 0 aliphatic carbocycles. The van der Waals surface area contributed by atoms with Crippen LogP contribution in [0.3, 0.4) is 0 Å². The van der Waals surface area contributed by atoms with Crippen molar-refractivity contribution in [1.82, 2.24) is 19.7 Å². The Morgan fingerprint density at radius 3 is 2.76 bits per heavy atom. The number of hydrogen-bond donors (Lipinski definition) is 1. The maximum atomic E-state index is 4.30. The van der Waals surface area contributed by atoms with Gasteiger partial charge >= 0.3 is 0 Å². The highest BCUT2D eigenvalue weighted by atomic mass is 79.9. The van der Waals surface area contributed by atoms with Crippen molar-refractivity contribution in [3.63, 3.8) is 0 Å². The highest BCUT2D eigenvalue weighted by Gasteiger charge is 2.11. The van der Waals surface area contributed by atoms with Gasteiger partial charge in [-0.3, -0.25) is 4.68 Å². The van der Waals surface area contributed by atoms with Gasteiger partial charge in [0.1, 0.15) is 22.2 Å². The highest BCUT2D eigenvalue weighted by Crippen LogP contribution is 2.34. The third-order valence-corrected chi connectivity index (χ3v) is 4.26. The number of nitrogens with one attached hydrogen (secondary N) is 1. The maximum absolute atomic E-state index is 4.30. The minimum absolute atomic E-state index is 0.779. The lowest BCUT2D eigenvalue weighted by Crippen LogP contribution is -1.97. The molecule has 17 heavy (non-hydrogen) atoms. The van der Waals surface area contributed by atoms with E-state index in [1.165, 1.54) is 0 Å². The first kappa shape index (κ1) is 12.4. The molecule has 0 fully saturated rings. The fraction of sp³-hybridized carbons (Fsp3) is 0.300. The summed E-state index contributed by atoms with van der Waals surface area (Å²) in [4.78, 5) is 8.38. The van der Waals surface area contributed by atoms with Crippen LogP contribution in [0, 0.1) is 6.92 Å². The van der Waals surface area contributed by atoms with Crippen LogP contribution in [-0.2, 0) is 7.05 Å². The van der Waals surface area contributed by atoms with Gasteiger partial charge in [-0.1, -0.05) is 0 Å². The first-order valence-electron chi connectivity index (χ1n) is 4.98. The van der Waals surface area contributed by atoms with Crippen LogP contribution in [0.1, 0.15) is 5.69 Å². The van der Waals surface area contributed by atoms with Crippen molar-refractivity contribution in [2.24, 2.45) is 7.05 Å². The smallest absolute Gasteiger partial charge is 0.144 e. The zero-order valence-corrected chi connectivity index (χ0v) is 12.1. The zero-order chi connectivity index (χ0) is 12.4. The fourth-order valence-electron chi connectivity index (χ4n) is 1.38. The minimum Gasteiger partial charge on any atom is -0.372 e. The van der Waals surface area contributed by atoms with Crippen LogP contribution in [0.15, 0.2) is 26.9 Å². The number of halogens is 1. The van der Waals surface area contributed by atoms with E-state index in [9.17, 15) is 0 Å². The molecule has 0 aromatic carbocycles. The van der Waals surface area contributed by atoms with Gasteiger partial charge in [-0.05, 0) is 40.7 Å². The molecule has 2 aromatic heterocycles. The lowest BCUT2D eigenvalue weighted by molar-refractivity contribution is 0.692. The predicted octanol–water partition coefficient (Wildman–Crippen LogP) is 2.47. The average molecular weight is 314 g/mol. The molecule has 0 aliphatic heterocycles. The number of nitrogens with zero attached hydrogens (tertiary/aromatic N) is 4. The molecule has 2 rings (SSSR count). The highest BCUT2D eigenvalue weighted by molar-refractivity contribution is 9.10.